The molecule has 3 nitrogen and oxygen atoms in total. The molecule has 0 spiro atoms. The van der Waals surface area contributed by atoms with Crippen molar-refractivity contribution in [2.24, 2.45) is 5.73 Å². The minimum absolute atomic E-state index is 0.213. The summed E-state index contributed by atoms with van der Waals surface area (Å²) in [7, 11) is 0. The molecular weight excluding hydrogens is 236 g/mol. The number of rotatable bonds is 3. The van der Waals surface area contributed by atoms with Gasteiger partial charge in [0.2, 0.25) is 5.91 Å². The topological polar surface area (TPSA) is 55.1 Å². The second-order valence-electron chi connectivity index (χ2n) is 5.71. The highest BCUT2D eigenvalue weighted by Gasteiger charge is 2.36. The number of nitrogens with one attached hydrogen (secondary N) is 1. The molecule has 1 fully saturated rings. The van der Waals surface area contributed by atoms with E-state index in [1.54, 1.807) is 0 Å². The first-order valence-electron chi connectivity index (χ1n) is 7.27. The van der Waals surface area contributed by atoms with E-state index in [0.717, 1.165) is 31.4 Å². The van der Waals surface area contributed by atoms with Crippen molar-refractivity contribution in [3.63, 3.8) is 0 Å². The average Bonchev–Trinajstić information content (AvgIpc) is 2.35. The van der Waals surface area contributed by atoms with Crippen molar-refractivity contribution in [3.8, 4) is 0 Å². The SMILES string of the molecule is Cc1ccc(NC2(C(N)=O)CCCCCCC2)cc1. The van der Waals surface area contributed by atoms with E-state index in [4.69, 9.17) is 5.73 Å². The van der Waals surface area contributed by atoms with E-state index in [0.29, 0.717) is 0 Å². The van der Waals surface area contributed by atoms with Crippen molar-refractivity contribution in [2.45, 2.75) is 57.4 Å². The zero-order valence-electron chi connectivity index (χ0n) is 11.7. The molecule has 1 amide bonds. The molecule has 1 aromatic rings. The van der Waals surface area contributed by atoms with Crippen LogP contribution in [0.3, 0.4) is 0 Å². The van der Waals surface area contributed by atoms with Gasteiger partial charge in [-0.2, -0.15) is 0 Å². The van der Waals surface area contributed by atoms with Crippen molar-refractivity contribution in [1.82, 2.24) is 0 Å². The van der Waals surface area contributed by atoms with Crippen LogP contribution in [0.4, 0.5) is 5.69 Å². The lowest BCUT2D eigenvalue weighted by Crippen LogP contribution is -2.50. The summed E-state index contributed by atoms with van der Waals surface area (Å²) in [4.78, 5) is 12.0. The van der Waals surface area contributed by atoms with Crippen LogP contribution in [0.1, 0.15) is 50.5 Å². The van der Waals surface area contributed by atoms with Crippen molar-refractivity contribution in [1.29, 1.82) is 0 Å². The number of anilines is 1. The minimum Gasteiger partial charge on any atom is -0.371 e. The summed E-state index contributed by atoms with van der Waals surface area (Å²) >= 11 is 0. The van der Waals surface area contributed by atoms with E-state index < -0.39 is 5.54 Å². The predicted octanol–water partition coefficient (Wildman–Crippen LogP) is 3.38. The van der Waals surface area contributed by atoms with Gasteiger partial charge >= 0.3 is 0 Å². The summed E-state index contributed by atoms with van der Waals surface area (Å²) in [6.07, 6.45) is 7.50. The van der Waals surface area contributed by atoms with Gasteiger partial charge in [-0.25, -0.2) is 0 Å². The zero-order valence-corrected chi connectivity index (χ0v) is 11.7. The predicted molar refractivity (Wildman–Crippen MR) is 79.0 cm³/mol. The van der Waals surface area contributed by atoms with Crippen LogP contribution in [-0.2, 0) is 4.79 Å². The van der Waals surface area contributed by atoms with E-state index >= 15 is 0 Å². The van der Waals surface area contributed by atoms with E-state index in [1.807, 2.05) is 12.1 Å². The molecule has 19 heavy (non-hydrogen) atoms. The van der Waals surface area contributed by atoms with Crippen LogP contribution < -0.4 is 11.1 Å². The van der Waals surface area contributed by atoms with Crippen LogP contribution in [0.15, 0.2) is 24.3 Å². The third kappa shape index (κ3) is 3.49. The minimum atomic E-state index is -0.560. The van der Waals surface area contributed by atoms with Crippen molar-refractivity contribution in [2.75, 3.05) is 5.32 Å². The van der Waals surface area contributed by atoms with E-state index in [2.05, 4.69) is 24.4 Å². The summed E-state index contributed by atoms with van der Waals surface area (Å²) in [6, 6.07) is 8.16. The molecular formula is C16H24N2O. The van der Waals surface area contributed by atoms with E-state index in [-0.39, 0.29) is 5.91 Å². The van der Waals surface area contributed by atoms with Crippen LogP contribution in [0.25, 0.3) is 0 Å². The monoisotopic (exact) mass is 260 g/mol. The van der Waals surface area contributed by atoms with Gasteiger partial charge < -0.3 is 11.1 Å². The maximum atomic E-state index is 12.0. The summed E-state index contributed by atoms with van der Waals surface area (Å²) < 4.78 is 0. The first-order chi connectivity index (χ1) is 9.12. The van der Waals surface area contributed by atoms with Gasteiger partial charge in [0.25, 0.3) is 0 Å². The van der Waals surface area contributed by atoms with Crippen molar-refractivity contribution in [3.05, 3.63) is 29.8 Å². The number of nitrogens with two attached hydrogens (primary N) is 1. The van der Waals surface area contributed by atoms with Gasteiger partial charge in [-0.15, -0.1) is 0 Å². The molecule has 1 aliphatic rings. The summed E-state index contributed by atoms with van der Waals surface area (Å²) in [6.45, 7) is 2.06. The Kier molecular flexibility index (Phi) is 4.46. The van der Waals surface area contributed by atoms with Crippen LogP contribution in [0.5, 0.6) is 0 Å². The van der Waals surface area contributed by atoms with Crippen LogP contribution in [-0.4, -0.2) is 11.4 Å². The molecule has 0 unspecified atom stereocenters. The summed E-state index contributed by atoms with van der Waals surface area (Å²) in [5.74, 6) is -0.213. The molecule has 0 radical (unpaired) electrons. The Bertz CT molecular complexity index is 417. The lowest BCUT2D eigenvalue weighted by atomic mass is 9.83. The Morgan fingerprint density at radius 3 is 2.11 bits per heavy atom. The molecule has 0 saturated heterocycles. The molecule has 0 aliphatic heterocycles. The molecule has 1 aliphatic carbocycles. The number of carbonyl (C=O) groups is 1. The number of aryl methyl sites for hydroxylation is 1. The van der Waals surface area contributed by atoms with Crippen molar-refractivity contribution < 1.29 is 4.79 Å². The van der Waals surface area contributed by atoms with Gasteiger partial charge in [0, 0.05) is 5.69 Å². The largest absolute Gasteiger partial charge is 0.371 e. The third-order valence-electron chi connectivity index (χ3n) is 4.11. The molecule has 0 bridgehead atoms. The highest BCUT2D eigenvalue weighted by atomic mass is 16.1. The van der Waals surface area contributed by atoms with Crippen molar-refractivity contribution >= 4 is 11.6 Å². The molecule has 1 saturated carbocycles. The quantitative estimate of drug-likeness (QED) is 0.875. The first kappa shape index (κ1) is 13.9. The van der Waals surface area contributed by atoms with Gasteiger partial charge in [0.05, 0.1) is 0 Å². The number of hydrogen-bond acceptors (Lipinski definition) is 2. The number of benzene rings is 1. The average molecular weight is 260 g/mol. The molecule has 0 heterocycles. The Balaban J connectivity index is 2.17. The van der Waals surface area contributed by atoms with Crippen LogP contribution in [0.2, 0.25) is 0 Å². The van der Waals surface area contributed by atoms with E-state index in [9.17, 15) is 4.79 Å². The molecule has 3 N–H and O–H groups in total. The Hall–Kier alpha value is -1.51. The van der Waals surface area contributed by atoms with Gasteiger partial charge in [0.15, 0.2) is 0 Å². The molecule has 0 atom stereocenters. The Morgan fingerprint density at radius 2 is 1.58 bits per heavy atom. The maximum Gasteiger partial charge on any atom is 0.243 e. The molecule has 2 rings (SSSR count). The first-order valence-corrected chi connectivity index (χ1v) is 7.27. The second-order valence-corrected chi connectivity index (χ2v) is 5.71. The number of hydrogen-bond donors (Lipinski definition) is 2. The molecule has 0 aromatic heterocycles. The lowest BCUT2D eigenvalue weighted by molar-refractivity contribution is -0.123. The fourth-order valence-electron chi connectivity index (χ4n) is 2.86. The fraction of sp³-hybridized carbons (Fsp3) is 0.562. The Morgan fingerprint density at radius 1 is 1.05 bits per heavy atom. The highest BCUT2D eigenvalue weighted by Crippen LogP contribution is 2.30. The normalized spacial score (nSPS) is 19.2. The highest BCUT2D eigenvalue weighted by molar-refractivity contribution is 5.88. The van der Waals surface area contributed by atoms with Gasteiger partial charge in [0.1, 0.15) is 5.54 Å². The van der Waals surface area contributed by atoms with Gasteiger partial charge in [-0.05, 0) is 31.9 Å². The van der Waals surface area contributed by atoms with E-state index in [1.165, 1.54) is 24.8 Å². The second kappa shape index (κ2) is 6.09. The van der Waals surface area contributed by atoms with Gasteiger partial charge in [-0.3, -0.25) is 4.79 Å². The summed E-state index contributed by atoms with van der Waals surface area (Å²) in [5.41, 5.74) is 7.35. The Labute approximate surface area is 115 Å². The fourth-order valence-corrected chi connectivity index (χ4v) is 2.86. The molecule has 3 heteroatoms. The molecule has 104 valence electrons. The maximum absolute atomic E-state index is 12.0. The zero-order chi connectivity index (χ0) is 13.7. The standard InChI is InChI=1S/C16H24N2O/c1-13-7-9-14(10-8-13)18-16(15(17)19)11-5-3-2-4-6-12-16/h7-10,18H,2-6,11-12H2,1H3,(H2,17,19). The van der Waals surface area contributed by atoms with Crippen LogP contribution >= 0.6 is 0 Å². The smallest absolute Gasteiger partial charge is 0.243 e. The number of carbonyl (C=O) groups excluding carboxylic acids is 1. The number of amides is 1. The number of primary amides is 1. The summed E-state index contributed by atoms with van der Waals surface area (Å²) in [5, 5.41) is 3.41. The lowest BCUT2D eigenvalue weighted by Gasteiger charge is -2.34. The van der Waals surface area contributed by atoms with Gasteiger partial charge in [-0.1, -0.05) is 49.8 Å². The third-order valence-corrected chi connectivity index (χ3v) is 4.11. The van der Waals surface area contributed by atoms with Crippen LogP contribution in [0, 0.1) is 6.92 Å². The molecule has 1 aromatic carbocycles.